The lowest BCUT2D eigenvalue weighted by molar-refractivity contribution is 0.0690. The number of rotatable bonds is 3. The minimum absolute atomic E-state index is 0.0270. The van der Waals surface area contributed by atoms with Crippen LogP contribution in [0.3, 0.4) is 0 Å². The Labute approximate surface area is 136 Å². The Morgan fingerprint density at radius 3 is 2.48 bits per heavy atom. The molecular formula is C19H22N2O2. The zero-order valence-corrected chi connectivity index (χ0v) is 13.4. The van der Waals surface area contributed by atoms with Gasteiger partial charge in [-0.15, -0.1) is 0 Å². The van der Waals surface area contributed by atoms with Gasteiger partial charge in [-0.2, -0.15) is 0 Å². The number of hydrogen-bond acceptors (Lipinski definition) is 2. The number of pyridine rings is 1. The van der Waals surface area contributed by atoms with Crippen molar-refractivity contribution >= 4 is 5.91 Å². The largest absolute Gasteiger partial charge is 0.339 e. The minimum atomic E-state index is -0.144. The molecule has 0 unspecified atom stereocenters. The second-order valence-corrected chi connectivity index (χ2v) is 6.29. The van der Waals surface area contributed by atoms with Crippen LogP contribution >= 0.6 is 0 Å². The molecule has 1 fully saturated rings. The molecule has 4 heteroatoms. The number of aromatic nitrogens is 1. The quantitative estimate of drug-likeness (QED) is 0.874. The number of amides is 1. The molecule has 1 aliphatic rings. The fourth-order valence-electron chi connectivity index (χ4n) is 3.15. The summed E-state index contributed by atoms with van der Waals surface area (Å²) in [6, 6.07) is 13.7. The van der Waals surface area contributed by atoms with Gasteiger partial charge >= 0.3 is 0 Å². The van der Waals surface area contributed by atoms with E-state index in [0.717, 1.165) is 32.4 Å². The van der Waals surface area contributed by atoms with E-state index < -0.39 is 0 Å². The fourth-order valence-corrected chi connectivity index (χ4v) is 3.15. The van der Waals surface area contributed by atoms with Crippen molar-refractivity contribution in [2.24, 2.45) is 13.0 Å². The summed E-state index contributed by atoms with van der Waals surface area (Å²) in [4.78, 5) is 26.1. The Morgan fingerprint density at radius 2 is 1.83 bits per heavy atom. The first-order chi connectivity index (χ1) is 11.1. The zero-order chi connectivity index (χ0) is 16.2. The summed E-state index contributed by atoms with van der Waals surface area (Å²) in [7, 11) is 1.69. The molecular weight excluding hydrogens is 288 g/mol. The number of carbonyl (C=O) groups excluding carboxylic acids is 1. The summed E-state index contributed by atoms with van der Waals surface area (Å²) in [5.74, 6) is 0.603. The molecule has 1 aliphatic heterocycles. The standard InChI is InChI=1S/C19H22N2O2/c1-20-10-9-17(14-18(20)22)19(23)21-11-7-16(8-12-21)13-15-5-3-2-4-6-15/h2-6,9-10,14,16H,7-8,11-13H2,1H3. The van der Waals surface area contributed by atoms with E-state index in [0.29, 0.717) is 11.5 Å². The number of benzene rings is 1. The lowest BCUT2D eigenvalue weighted by atomic mass is 9.90. The Kier molecular flexibility index (Phi) is 4.60. The molecule has 1 aromatic carbocycles. The van der Waals surface area contributed by atoms with Gasteiger partial charge in [-0.05, 0) is 36.8 Å². The van der Waals surface area contributed by atoms with Gasteiger partial charge in [-0.3, -0.25) is 9.59 Å². The van der Waals surface area contributed by atoms with Crippen LogP contribution in [0.2, 0.25) is 0 Å². The first kappa shape index (κ1) is 15.5. The third-order valence-corrected chi connectivity index (χ3v) is 4.62. The Balaban J connectivity index is 1.59. The molecule has 1 aromatic heterocycles. The second-order valence-electron chi connectivity index (χ2n) is 6.29. The molecule has 0 aliphatic carbocycles. The van der Waals surface area contributed by atoms with E-state index in [1.54, 1.807) is 19.3 Å². The van der Waals surface area contributed by atoms with Crippen LogP contribution in [-0.4, -0.2) is 28.5 Å². The van der Waals surface area contributed by atoms with E-state index in [9.17, 15) is 9.59 Å². The van der Waals surface area contributed by atoms with E-state index in [-0.39, 0.29) is 11.5 Å². The first-order valence-corrected chi connectivity index (χ1v) is 8.13. The monoisotopic (exact) mass is 310 g/mol. The average molecular weight is 310 g/mol. The predicted molar refractivity (Wildman–Crippen MR) is 90.5 cm³/mol. The average Bonchev–Trinajstić information content (AvgIpc) is 2.58. The summed E-state index contributed by atoms with van der Waals surface area (Å²) in [6.07, 6.45) is 4.77. The summed E-state index contributed by atoms with van der Waals surface area (Å²) in [6.45, 7) is 1.54. The molecule has 0 radical (unpaired) electrons. The van der Waals surface area contributed by atoms with Crippen LogP contribution < -0.4 is 5.56 Å². The van der Waals surface area contributed by atoms with Crippen molar-refractivity contribution in [3.05, 3.63) is 70.1 Å². The highest BCUT2D eigenvalue weighted by Crippen LogP contribution is 2.22. The van der Waals surface area contributed by atoms with Gasteiger partial charge < -0.3 is 9.47 Å². The number of aryl methyl sites for hydroxylation is 1. The lowest BCUT2D eigenvalue weighted by Gasteiger charge is -2.32. The van der Waals surface area contributed by atoms with Crippen molar-refractivity contribution in [1.82, 2.24) is 9.47 Å². The number of likely N-dealkylation sites (tertiary alicyclic amines) is 1. The third-order valence-electron chi connectivity index (χ3n) is 4.62. The molecule has 4 nitrogen and oxygen atoms in total. The summed E-state index contributed by atoms with van der Waals surface area (Å²) in [5, 5.41) is 0. The molecule has 1 saturated heterocycles. The van der Waals surface area contributed by atoms with Gasteiger partial charge in [0, 0.05) is 38.0 Å². The first-order valence-electron chi connectivity index (χ1n) is 8.13. The number of carbonyl (C=O) groups is 1. The maximum absolute atomic E-state index is 12.5. The van der Waals surface area contributed by atoms with Gasteiger partial charge in [0.25, 0.3) is 11.5 Å². The maximum atomic E-state index is 12.5. The van der Waals surface area contributed by atoms with E-state index in [2.05, 4.69) is 24.3 Å². The Bertz CT molecular complexity index is 729. The Morgan fingerprint density at radius 1 is 1.13 bits per heavy atom. The van der Waals surface area contributed by atoms with Crippen LogP contribution in [0.5, 0.6) is 0 Å². The highest BCUT2D eigenvalue weighted by Gasteiger charge is 2.24. The van der Waals surface area contributed by atoms with Crippen molar-refractivity contribution in [2.45, 2.75) is 19.3 Å². The molecule has 0 N–H and O–H groups in total. The molecule has 23 heavy (non-hydrogen) atoms. The van der Waals surface area contributed by atoms with Crippen molar-refractivity contribution in [3.63, 3.8) is 0 Å². The highest BCUT2D eigenvalue weighted by atomic mass is 16.2. The predicted octanol–water partition coefficient (Wildman–Crippen LogP) is 2.48. The lowest BCUT2D eigenvalue weighted by Crippen LogP contribution is -2.39. The summed E-state index contributed by atoms with van der Waals surface area (Å²) < 4.78 is 1.48. The molecule has 3 rings (SSSR count). The van der Waals surface area contributed by atoms with Crippen LogP contribution in [0.25, 0.3) is 0 Å². The van der Waals surface area contributed by atoms with Crippen LogP contribution in [0, 0.1) is 5.92 Å². The van der Waals surface area contributed by atoms with Crippen LogP contribution in [0.4, 0.5) is 0 Å². The summed E-state index contributed by atoms with van der Waals surface area (Å²) in [5.41, 5.74) is 1.72. The number of nitrogens with zero attached hydrogens (tertiary/aromatic N) is 2. The SMILES string of the molecule is Cn1ccc(C(=O)N2CCC(Cc3ccccc3)CC2)cc1=O. The minimum Gasteiger partial charge on any atom is -0.339 e. The van der Waals surface area contributed by atoms with E-state index >= 15 is 0 Å². The maximum Gasteiger partial charge on any atom is 0.254 e. The van der Waals surface area contributed by atoms with Gasteiger partial charge in [0.2, 0.25) is 0 Å². The molecule has 0 bridgehead atoms. The highest BCUT2D eigenvalue weighted by molar-refractivity contribution is 5.94. The van der Waals surface area contributed by atoms with Crippen LogP contribution in [0.15, 0.2) is 53.5 Å². The van der Waals surface area contributed by atoms with E-state index in [4.69, 9.17) is 0 Å². The molecule has 0 saturated carbocycles. The fraction of sp³-hybridized carbons (Fsp3) is 0.368. The van der Waals surface area contributed by atoms with Gasteiger partial charge in [-0.25, -0.2) is 0 Å². The topological polar surface area (TPSA) is 42.3 Å². The third kappa shape index (κ3) is 3.70. The van der Waals surface area contributed by atoms with E-state index in [1.807, 2.05) is 11.0 Å². The van der Waals surface area contributed by atoms with Crippen molar-refractivity contribution in [1.29, 1.82) is 0 Å². The number of piperidine rings is 1. The zero-order valence-electron chi connectivity index (χ0n) is 13.4. The molecule has 1 amide bonds. The summed E-state index contributed by atoms with van der Waals surface area (Å²) >= 11 is 0. The van der Waals surface area contributed by atoms with Crippen LogP contribution in [-0.2, 0) is 13.5 Å². The molecule has 120 valence electrons. The Hall–Kier alpha value is -2.36. The second kappa shape index (κ2) is 6.82. The van der Waals surface area contributed by atoms with Crippen molar-refractivity contribution in [2.75, 3.05) is 13.1 Å². The smallest absolute Gasteiger partial charge is 0.254 e. The normalized spacial score (nSPS) is 15.6. The van der Waals surface area contributed by atoms with Gasteiger partial charge in [0.05, 0.1) is 0 Å². The van der Waals surface area contributed by atoms with Gasteiger partial charge in [0.15, 0.2) is 0 Å². The van der Waals surface area contributed by atoms with Crippen molar-refractivity contribution < 1.29 is 4.79 Å². The number of hydrogen-bond donors (Lipinski definition) is 0. The molecule has 0 atom stereocenters. The molecule has 2 heterocycles. The molecule has 2 aromatic rings. The van der Waals surface area contributed by atoms with Crippen LogP contribution in [0.1, 0.15) is 28.8 Å². The van der Waals surface area contributed by atoms with Gasteiger partial charge in [-0.1, -0.05) is 30.3 Å². The van der Waals surface area contributed by atoms with Gasteiger partial charge in [0.1, 0.15) is 0 Å². The molecule has 0 spiro atoms. The van der Waals surface area contributed by atoms with Crippen molar-refractivity contribution in [3.8, 4) is 0 Å². The van der Waals surface area contributed by atoms with E-state index in [1.165, 1.54) is 16.2 Å².